The molecule has 0 aliphatic heterocycles. The van der Waals surface area contributed by atoms with Gasteiger partial charge in [0, 0.05) is 24.7 Å². The lowest BCUT2D eigenvalue weighted by atomic mass is 9.64. The molecule has 224 valence electrons. The predicted molar refractivity (Wildman–Crippen MR) is 97.4 cm³/mol. The quantitative estimate of drug-likeness (QED) is 0.282. The molecule has 2 fully saturated rings. The molecular weight excluding hydrogens is 563 g/mol. The van der Waals surface area contributed by atoms with Gasteiger partial charge >= 0.3 is 18.0 Å². The van der Waals surface area contributed by atoms with Crippen molar-refractivity contribution in [3.63, 3.8) is 0 Å². The summed E-state index contributed by atoms with van der Waals surface area (Å²) < 4.78 is 218. The Kier molecular flexibility index (Phi) is 10.4. The van der Waals surface area contributed by atoms with E-state index >= 15 is 0 Å². The van der Waals surface area contributed by atoms with E-state index in [1.807, 2.05) is 0 Å². The standard InChI is InChI=1S/C10H11F9.C9H11F7.CH3F/c1-3-5-4-7(12,13)9(16,10(17,18)19)6(2,11)8(5,14)15;1-5-2-6(4-10)8(13,9(14,15)16)7(11,12)3-5;1-2/h5H,3-4H2,1-2H3;5-6H,2-4H2,1H3;1H3. The van der Waals surface area contributed by atoms with Gasteiger partial charge in [0.2, 0.25) is 5.67 Å². The maximum Gasteiger partial charge on any atom is 0.432 e. The van der Waals surface area contributed by atoms with Crippen molar-refractivity contribution in [3.05, 3.63) is 0 Å². The van der Waals surface area contributed by atoms with Crippen LogP contribution in [0.15, 0.2) is 0 Å². The third-order valence-corrected chi connectivity index (χ3v) is 6.66. The maximum absolute atomic E-state index is 13.8. The fourth-order valence-electron chi connectivity index (χ4n) is 4.63. The molecule has 0 aromatic carbocycles. The minimum absolute atomic E-state index is 0.462. The molecule has 0 amide bonds. The average Bonchev–Trinajstić information content (AvgIpc) is 2.72. The highest BCUT2D eigenvalue weighted by Crippen LogP contribution is 2.65. The molecule has 0 heterocycles. The highest BCUT2D eigenvalue weighted by atomic mass is 19.4. The van der Waals surface area contributed by atoms with Crippen LogP contribution in [0.25, 0.3) is 0 Å². The fraction of sp³-hybridized carbons (Fsp3) is 1.00. The molecule has 0 aromatic rings. The van der Waals surface area contributed by atoms with E-state index in [-0.39, 0.29) is 0 Å². The first kappa shape index (κ1) is 35.8. The van der Waals surface area contributed by atoms with Crippen LogP contribution in [0.1, 0.15) is 46.5 Å². The first-order valence-electron chi connectivity index (χ1n) is 10.5. The van der Waals surface area contributed by atoms with E-state index in [1.165, 1.54) is 6.92 Å². The molecular formula is C20H25F17. The monoisotopic (exact) mass is 588 g/mol. The van der Waals surface area contributed by atoms with Gasteiger partial charge in [0.05, 0.1) is 13.9 Å². The highest BCUT2D eigenvalue weighted by molar-refractivity contribution is 5.21. The van der Waals surface area contributed by atoms with Crippen LogP contribution < -0.4 is 0 Å². The molecule has 0 radical (unpaired) electrons. The van der Waals surface area contributed by atoms with Crippen LogP contribution in [-0.4, -0.2) is 61.0 Å². The van der Waals surface area contributed by atoms with Crippen LogP contribution in [0, 0.1) is 17.8 Å². The van der Waals surface area contributed by atoms with Gasteiger partial charge in [0.25, 0.3) is 23.4 Å². The Morgan fingerprint density at radius 3 is 1.46 bits per heavy atom. The summed E-state index contributed by atoms with van der Waals surface area (Å²) in [4.78, 5) is 0. The zero-order chi connectivity index (χ0) is 30.3. The fourth-order valence-corrected chi connectivity index (χ4v) is 4.63. The van der Waals surface area contributed by atoms with Crippen molar-refractivity contribution in [2.75, 3.05) is 13.9 Å². The maximum atomic E-state index is 13.8. The van der Waals surface area contributed by atoms with Gasteiger partial charge < -0.3 is 0 Å². The lowest BCUT2D eigenvalue weighted by molar-refractivity contribution is -0.399. The molecule has 2 aliphatic rings. The number of halogens is 17. The second-order valence-corrected chi connectivity index (χ2v) is 9.11. The number of hydrogen-bond donors (Lipinski definition) is 0. The molecule has 2 saturated carbocycles. The van der Waals surface area contributed by atoms with Gasteiger partial charge in [0.15, 0.2) is 0 Å². The minimum Gasteiger partial charge on any atom is -0.255 e. The second-order valence-electron chi connectivity index (χ2n) is 9.11. The predicted octanol–water partition coefficient (Wildman–Crippen LogP) is 9.18. The van der Waals surface area contributed by atoms with E-state index in [0.717, 1.165) is 6.92 Å². The Morgan fingerprint density at radius 2 is 1.14 bits per heavy atom. The lowest BCUT2D eigenvalue weighted by Crippen LogP contribution is -2.76. The zero-order valence-electron chi connectivity index (χ0n) is 19.7. The van der Waals surface area contributed by atoms with Crippen LogP contribution in [-0.2, 0) is 0 Å². The Labute approximate surface area is 200 Å². The van der Waals surface area contributed by atoms with Crippen LogP contribution >= 0.6 is 0 Å². The SMILES string of the molecule is CC1CC(CF)C(F)(C(F)(F)F)C(F)(F)C1.CCC1CC(F)(F)C(F)(C(F)(F)F)C(C)(F)C1(F)F.CF. The van der Waals surface area contributed by atoms with E-state index in [2.05, 4.69) is 0 Å². The molecule has 0 saturated heterocycles. The van der Waals surface area contributed by atoms with Crippen molar-refractivity contribution in [3.8, 4) is 0 Å². The highest BCUT2D eigenvalue weighted by Gasteiger charge is 2.89. The van der Waals surface area contributed by atoms with E-state index in [9.17, 15) is 74.6 Å². The van der Waals surface area contributed by atoms with Gasteiger partial charge in [-0.2, -0.15) is 26.3 Å². The smallest absolute Gasteiger partial charge is 0.255 e. The van der Waals surface area contributed by atoms with E-state index in [4.69, 9.17) is 0 Å². The number of rotatable bonds is 2. The van der Waals surface area contributed by atoms with Crippen LogP contribution in [0.3, 0.4) is 0 Å². The minimum atomic E-state index is -6.46. The largest absolute Gasteiger partial charge is 0.432 e. The summed E-state index contributed by atoms with van der Waals surface area (Å²) in [6, 6.07) is 0. The molecule has 0 bridgehead atoms. The summed E-state index contributed by atoms with van der Waals surface area (Å²) in [5, 5.41) is 0. The first-order chi connectivity index (χ1) is 16.2. The molecule has 6 atom stereocenters. The summed E-state index contributed by atoms with van der Waals surface area (Å²) in [5.74, 6) is -20.2. The molecule has 2 aliphatic carbocycles. The molecule has 0 nitrogen and oxygen atoms in total. The van der Waals surface area contributed by atoms with E-state index < -0.39 is 104 Å². The van der Waals surface area contributed by atoms with Crippen LogP contribution in [0.2, 0.25) is 0 Å². The summed E-state index contributed by atoms with van der Waals surface area (Å²) in [6.45, 7) is 0.0439. The van der Waals surface area contributed by atoms with Crippen molar-refractivity contribution in [2.24, 2.45) is 17.8 Å². The van der Waals surface area contributed by atoms with Crippen molar-refractivity contribution in [1.29, 1.82) is 0 Å². The lowest BCUT2D eigenvalue weighted by Gasteiger charge is -2.52. The second kappa shape index (κ2) is 10.8. The van der Waals surface area contributed by atoms with E-state index in [0.29, 0.717) is 7.18 Å². The summed E-state index contributed by atoms with van der Waals surface area (Å²) in [6.07, 6.45) is -16.7. The van der Waals surface area contributed by atoms with E-state index in [1.54, 1.807) is 0 Å². The van der Waals surface area contributed by atoms with Crippen molar-refractivity contribution >= 4 is 0 Å². The van der Waals surface area contributed by atoms with Gasteiger partial charge in [0.1, 0.15) is 0 Å². The van der Waals surface area contributed by atoms with Gasteiger partial charge in [-0.3, -0.25) is 8.78 Å². The van der Waals surface area contributed by atoms with Crippen molar-refractivity contribution < 1.29 is 74.6 Å². The first-order valence-corrected chi connectivity index (χ1v) is 10.5. The van der Waals surface area contributed by atoms with Gasteiger partial charge in [-0.05, 0) is 25.7 Å². The Bertz CT molecular complexity index is 740. The summed E-state index contributed by atoms with van der Waals surface area (Å²) in [5.41, 5.74) is -15.7. The van der Waals surface area contributed by atoms with Crippen LogP contribution in [0.4, 0.5) is 74.6 Å². The van der Waals surface area contributed by atoms with Gasteiger partial charge in [-0.25, -0.2) is 39.5 Å². The van der Waals surface area contributed by atoms with Crippen molar-refractivity contribution in [1.82, 2.24) is 0 Å². The molecule has 17 heteroatoms. The molecule has 0 aromatic heterocycles. The zero-order valence-corrected chi connectivity index (χ0v) is 19.7. The van der Waals surface area contributed by atoms with Gasteiger partial charge in [-0.1, -0.05) is 13.8 Å². The Morgan fingerprint density at radius 1 is 0.703 bits per heavy atom. The molecule has 0 spiro atoms. The Hall–Kier alpha value is -1.19. The molecule has 2 rings (SSSR count). The van der Waals surface area contributed by atoms with Gasteiger partial charge in [-0.15, -0.1) is 0 Å². The third kappa shape index (κ3) is 5.46. The molecule has 37 heavy (non-hydrogen) atoms. The molecule has 6 unspecified atom stereocenters. The number of hydrogen-bond acceptors (Lipinski definition) is 0. The average molecular weight is 588 g/mol. The molecule has 0 N–H and O–H groups in total. The third-order valence-electron chi connectivity index (χ3n) is 6.66. The normalized spacial score (nSPS) is 39.0. The van der Waals surface area contributed by atoms with Crippen LogP contribution in [0.5, 0.6) is 0 Å². The topological polar surface area (TPSA) is 0 Å². The Balaban J connectivity index is 0.000000665. The number of alkyl halides is 17. The summed E-state index contributed by atoms with van der Waals surface area (Å²) >= 11 is 0. The summed E-state index contributed by atoms with van der Waals surface area (Å²) in [7, 11) is 0.500. The van der Waals surface area contributed by atoms with Crippen molar-refractivity contribution in [2.45, 2.75) is 93.6 Å².